The van der Waals surface area contributed by atoms with Crippen molar-refractivity contribution in [2.45, 2.75) is 38.1 Å². The van der Waals surface area contributed by atoms with Crippen LogP contribution in [0.2, 0.25) is 0 Å². The number of benzene rings is 2. The number of hydrogen-bond acceptors (Lipinski definition) is 5. The van der Waals surface area contributed by atoms with E-state index in [1.165, 1.54) is 17.0 Å². The van der Waals surface area contributed by atoms with Crippen LogP contribution in [-0.2, 0) is 9.59 Å². The van der Waals surface area contributed by atoms with Gasteiger partial charge in [0.1, 0.15) is 16.5 Å². The predicted molar refractivity (Wildman–Crippen MR) is 118 cm³/mol. The molecule has 160 valence electrons. The maximum absolute atomic E-state index is 12.9. The summed E-state index contributed by atoms with van der Waals surface area (Å²) in [6, 6.07) is 12.6. The van der Waals surface area contributed by atoms with Crippen LogP contribution in [0.15, 0.2) is 59.3 Å². The van der Waals surface area contributed by atoms with E-state index in [1.54, 1.807) is 36.4 Å². The first-order valence-electron chi connectivity index (χ1n) is 10.2. The van der Waals surface area contributed by atoms with Gasteiger partial charge in [0.05, 0.1) is 0 Å². The van der Waals surface area contributed by atoms with Gasteiger partial charge in [-0.15, -0.1) is 0 Å². The normalized spacial score (nSPS) is 17.3. The molecule has 0 atom stereocenters. The van der Waals surface area contributed by atoms with E-state index in [2.05, 4.69) is 10.6 Å². The van der Waals surface area contributed by atoms with Crippen molar-refractivity contribution < 1.29 is 19.5 Å². The smallest absolute Gasteiger partial charge is 0.279 e. The standard InChI is InChI=1S/C23H22ClN3O4/c24-19-20(23(31)27(22(19)30)17-9-2-1-3-10-17)25-15-7-4-6-14(12-15)21(29)26-16-8-5-11-18(28)13-16/h4-8,11-13,17,25,28H,1-3,9-10H2,(H,26,29). The highest BCUT2D eigenvalue weighted by Gasteiger charge is 2.42. The third kappa shape index (κ3) is 4.41. The molecule has 31 heavy (non-hydrogen) atoms. The molecule has 3 N–H and O–H groups in total. The first-order valence-corrected chi connectivity index (χ1v) is 10.6. The minimum atomic E-state index is -0.473. The van der Waals surface area contributed by atoms with Gasteiger partial charge in [-0.3, -0.25) is 19.3 Å². The molecule has 0 aromatic heterocycles. The van der Waals surface area contributed by atoms with E-state index in [-0.39, 0.29) is 28.4 Å². The molecule has 0 bridgehead atoms. The summed E-state index contributed by atoms with van der Waals surface area (Å²) in [4.78, 5) is 39.4. The number of halogens is 1. The molecule has 1 heterocycles. The van der Waals surface area contributed by atoms with Crippen molar-refractivity contribution in [3.8, 4) is 5.75 Å². The summed E-state index contributed by atoms with van der Waals surface area (Å²) in [5.74, 6) is -1.25. The highest BCUT2D eigenvalue weighted by molar-refractivity contribution is 6.48. The number of anilines is 2. The molecule has 0 spiro atoms. The Bertz CT molecular complexity index is 1080. The summed E-state index contributed by atoms with van der Waals surface area (Å²) >= 11 is 6.21. The molecule has 2 aliphatic rings. The first-order chi connectivity index (χ1) is 14.9. The number of aromatic hydroxyl groups is 1. The van der Waals surface area contributed by atoms with Crippen molar-refractivity contribution in [3.63, 3.8) is 0 Å². The van der Waals surface area contributed by atoms with Gasteiger partial charge in [0.25, 0.3) is 17.7 Å². The van der Waals surface area contributed by atoms with Gasteiger partial charge in [0, 0.05) is 29.0 Å². The highest BCUT2D eigenvalue weighted by atomic mass is 35.5. The topological polar surface area (TPSA) is 98.7 Å². The van der Waals surface area contributed by atoms with E-state index in [0.29, 0.717) is 16.9 Å². The lowest BCUT2D eigenvalue weighted by atomic mass is 9.94. The summed E-state index contributed by atoms with van der Waals surface area (Å²) in [5, 5.41) is 15.0. The Balaban J connectivity index is 1.50. The van der Waals surface area contributed by atoms with Crippen LogP contribution in [0.5, 0.6) is 5.75 Å². The average molecular weight is 440 g/mol. The molecule has 8 heteroatoms. The summed E-state index contributed by atoms with van der Waals surface area (Å²) in [6.45, 7) is 0. The third-order valence-electron chi connectivity index (χ3n) is 5.50. The number of phenolic OH excluding ortho intramolecular Hbond substituents is 1. The number of carbonyl (C=O) groups excluding carboxylic acids is 3. The number of phenols is 1. The van der Waals surface area contributed by atoms with Crippen molar-refractivity contribution in [2.75, 3.05) is 10.6 Å². The molecule has 2 aromatic rings. The van der Waals surface area contributed by atoms with Gasteiger partial charge in [-0.25, -0.2) is 0 Å². The van der Waals surface area contributed by atoms with Gasteiger partial charge in [-0.05, 0) is 43.2 Å². The fraction of sp³-hybridized carbons (Fsp3) is 0.261. The summed E-state index contributed by atoms with van der Waals surface area (Å²) in [6.07, 6.45) is 4.66. The predicted octanol–water partition coefficient (Wildman–Crippen LogP) is 4.21. The maximum Gasteiger partial charge on any atom is 0.279 e. The van der Waals surface area contributed by atoms with E-state index in [4.69, 9.17) is 11.6 Å². The van der Waals surface area contributed by atoms with Crippen LogP contribution in [0.1, 0.15) is 42.5 Å². The zero-order valence-corrected chi connectivity index (χ0v) is 17.5. The fourth-order valence-corrected chi connectivity index (χ4v) is 4.19. The monoisotopic (exact) mass is 439 g/mol. The Hall–Kier alpha value is -3.32. The maximum atomic E-state index is 12.9. The molecule has 1 fully saturated rings. The number of rotatable bonds is 5. The Labute approximate surface area is 184 Å². The van der Waals surface area contributed by atoms with Gasteiger partial charge in [0.2, 0.25) is 0 Å². The van der Waals surface area contributed by atoms with Crippen LogP contribution in [0.3, 0.4) is 0 Å². The largest absolute Gasteiger partial charge is 0.508 e. The van der Waals surface area contributed by atoms with Crippen molar-refractivity contribution >= 4 is 40.7 Å². The lowest BCUT2D eigenvalue weighted by Gasteiger charge is -2.29. The third-order valence-corrected chi connectivity index (χ3v) is 5.85. The van der Waals surface area contributed by atoms with Crippen LogP contribution >= 0.6 is 11.6 Å². The zero-order chi connectivity index (χ0) is 22.0. The second-order valence-corrected chi connectivity index (χ2v) is 8.05. The number of carbonyl (C=O) groups is 3. The number of hydrogen-bond donors (Lipinski definition) is 3. The van der Waals surface area contributed by atoms with E-state index < -0.39 is 11.8 Å². The van der Waals surface area contributed by atoms with Gasteiger partial charge in [-0.2, -0.15) is 0 Å². The van der Waals surface area contributed by atoms with Crippen molar-refractivity contribution in [1.82, 2.24) is 4.90 Å². The minimum Gasteiger partial charge on any atom is -0.508 e. The van der Waals surface area contributed by atoms with Gasteiger partial charge in [-0.1, -0.05) is 43.0 Å². The van der Waals surface area contributed by atoms with Crippen LogP contribution in [0.25, 0.3) is 0 Å². The molecule has 0 unspecified atom stereocenters. The summed E-state index contributed by atoms with van der Waals surface area (Å²) < 4.78 is 0. The number of amides is 3. The summed E-state index contributed by atoms with van der Waals surface area (Å²) in [5.41, 5.74) is 1.28. The molecule has 1 aliphatic heterocycles. The number of imide groups is 1. The zero-order valence-electron chi connectivity index (χ0n) is 16.7. The van der Waals surface area contributed by atoms with E-state index in [1.807, 2.05) is 0 Å². The van der Waals surface area contributed by atoms with Crippen LogP contribution in [-0.4, -0.2) is 33.8 Å². The van der Waals surface area contributed by atoms with Gasteiger partial charge in [0.15, 0.2) is 0 Å². The Kier molecular flexibility index (Phi) is 5.95. The second-order valence-electron chi connectivity index (χ2n) is 7.67. The summed E-state index contributed by atoms with van der Waals surface area (Å²) in [7, 11) is 0. The van der Waals surface area contributed by atoms with Gasteiger partial charge >= 0.3 is 0 Å². The molecule has 0 radical (unpaired) electrons. The van der Waals surface area contributed by atoms with Crippen molar-refractivity contribution in [2.24, 2.45) is 0 Å². The van der Waals surface area contributed by atoms with Crippen LogP contribution in [0, 0.1) is 0 Å². The number of nitrogens with one attached hydrogen (secondary N) is 2. The van der Waals surface area contributed by atoms with Crippen LogP contribution < -0.4 is 10.6 Å². The molecule has 4 rings (SSSR count). The van der Waals surface area contributed by atoms with Crippen molar-refractivity contribution in [3.05, 3.63) is 64.8 Å². The molecule has 0 saturated heterocycles. The minimum absolute atomic E-state index is 0.0304. The Morgan fingerprint density at radius 2 is 1.68 bits per heavy atom. The first kappa shape index (κ1) is 20.9. The van der Waals surface area contributed by atoms with E-state index in [0.717, 1.165) is 32.1 Å². The van der Waals surface area contributed by atoms with Gasteiger partial charge < -0.3 is 15.7 Å². The van der Waals surface area contributed by atoms with Crippen LogP contribution in [0.4, 0.5) is 11.4 Å². The molecule has 1 aliphatic carbocycles. The molecule has 1 saturated carbocycles. The molecular formula is C23H22ClN3O4. The Morgan fingerprint density at radius 3 is 2.42 bits per heavy atom. The van der Waals surface area contributed by atoms with E-state index in [9.17, 15) is 19.5 Å². The fourth-order valence-electron chi connectivity index (χ4n) is 3.97. The highest BCUT2D eigenvalue weighted by Crippen LogP contribution is 2.32. The molecule has 7 nitrogen and oxygen atoms in total. The SMILES string of the molecule is O=C(Nc1cccc(O)c1)c1cccc(NC2=C(Cl)C(=O)N(C3CCCCC3)C2=O)c1. The average Bonchev–Trinajstić information content (AvgIpc) is 2.98. The molecule has 3 amide bonds. The number of nitrogens with zero attached hydrogens (tertiary/aromatic N) is 1. The van der Waals surface area contributed by atoms with Crippen molar-refractivity contribution in [1.29, 1.82) is 0 Å². The molecular weight excluding hydrogens is 418 g/mol. The lowest BCUT2D eigenvalue weighted by molar-refractivity contribution is -0.140. The molecule has 2 aromatic carbocycles. The second kappa shape index (κ2) is 8.81. The lowest BCUT2D eigenvalue weighted by Crippen LogP contribution is -2.42. The van der Waals surface area contributed by atoms with E-state index >= 15 is 0 Å². The Morgan fingerprint density at radius 1 is 0.968 bits per heavy atom. The quantitative estimate of drug-likeness (QED) is 0.606.